The number of nitrogens with zero attached hydrogens (tertiary/aromatic N) is 4. The molecule has 0 saturated carbocycles. The van der Waals surface area contributed by atoms with Gasteiger partial charge in [-0.15, -0.1) is 10.2 Å². The van der Waals surface area contributed by atoms with Gasteiger partial charge in [-0.25, -0.2) is 4.98 Å². The van der Waals surface area contributed by atoms with Crippen molar-refractivity contribution in [2.45, 2.75) is 6.92 Å². The maximum atomic E-state index is 5.26. The van der Waals surface area contributed by atoms with Crippen molar-refractivity contribution < 1.29 is 4.74 Å². The first-order valence-electron chi connectivity index (χ1n) is 6.25. The van der Waals surface area contributed by atoms with Crippen LogP contribution in [0.3, 0.4) is 0 Å². The predicted molar refractivity (Wildman–Crippen MR) is 75.9 cm³/mol. The Morgan fingerprint density at radius 1 is 1.10 bits per heavy atom. The minimum absolute atomic E-state index is 0.747. The number of rotatable bonds is 3. The zero-order chi connectivity index (χ0) is 13.9. The lowest BCUT2D eigenvalue weighted by molar-refractivity contribution is 0.412. The van der Waals surface area contributed by atoms with Gasteiger partial charge in [-0.2, -0.15) is 0 Å². The van der Waals surface area contributed by atoms with E-state index in [9.17, 15) is 0 Å². The van der Waals surface area contributed by atoms with Crippen LogP contribution in [0, 0.1) is 6.92 Å². The van der Waals surface area contributed by atoms with Gasteiger partial charge in [0.1, 0.15) is 12.1 Å². The zero-order valence-corrected chi connectivity index (χ0v) is 11.3. The SMILES string of the molecule is COc1ccc(-c2ccc(-n3ccnc3)nn2)cc1C. The van der Waals surface area contributed by atoms with E-state index in [-0.39, 0.29) is 0 Å². The Labute approximate surface area is 116 Å². The molecule has 3 rings (SSSR count). The van der Waals surface area contributed by atoms with E-state index in [1.54, 1.807) is 19.6 Å². The fourth-order valence-electron chi connectivity index (χ4n) is 2.05. The largest absolute Gasteiger partial charge is 0.496 e. The Balaban J connectivity index is 1.93. The number of aryl methyl sites for hydroxylation is 1. The van der Waals surface area contributed by atoms with Gasteiger partial charge < -0.3 is 4.74 Å². The first-order valence-corrected chi connectivity index (χ1v) is 6.25. The summed E-state index contributed by atoms with van der Waals surface area (Å²) in [5.74, 6) is 1.62. The predicted octanol–water partition coefficient (Wildman–Crippen LogP) is 2.65. The number of benzene rings is 1. The fourth-order valence-corrected chi connectivity index (χ4v) is 2.05. The highest BCUT2D eigenvalue weighted by Gasteiger charge is 2.05. The van der Waals surface area contributed by atoms with Gasteiger partial charge in [0.15, 0.2) is 5.82 Å². The molecule has 0 aliphatic rings. The topological polar surface area (TPSA) is 52.8 Å². The molecule has 100 valence electrons. The molecule has 0 spiro atoms. The van der Waals surface area contributed by atoms with E-state index in [0.717, 1.165) is 28.4 Å². The highest BCUT2D eigenvalue weighted by molar-refractivity contribution is 5.61. The van der Waals surface area contributed by atoms with Crippen molar-refractivity contribution in [3.05, 3.63) is 54.6 Å². The summed E-state index contributed by atoms with van der Waals surface area (Å²) in [5, 5.41) is 8.47. The summed E-state index contributed by atoms with van der Waals surface area (Å²) in [6, 6.07) is 9.83. The van der Waals surface area contributed by atoms with Gasteiger partial charge in [-0.1, -0.05) is 0 Å². The summed E-state index contributed by atoms with van der Waals surface area (Å²) >= 11 is 0. The monoisotopic (exact) mass is 266 g/mol. The lowest BCUT2D eigenvalue weighted by Gasteiger charge is -2.07. The van der Waals surface area contributed by atoms with Gasteiger partial charge >= 0.3 is 0 Å². The van der Waals surface area contributed by atoms with Crippen molar-refractivity contribution >= 4 is 0 Å². The third-order valence-corrected chi connectivity index (χ3v) is 3.11. The number of hydrogen-bond acceptors (Lipinski definition) is 4. The van der Waals surface area contributed by atoms with E-state index in [4.69, 9.17) is 4.74 Å². The van der Waals surface area contributed by atoms with E-state index < -0.39 is 0 Å². The molecule has 5 nitrogen and oxygen atoms in total. The van der Waals surface area contributed by atoms with Crippen LogP contribution < -0.4 is 4.74 Å². The molecule has 0 fully saturated rings. The number of aromatic nitrogens is 4. The van der Waals surface area contributed by atoms with Crippen LogP contribution in [0.15, 0.2) is 49.1 Å². The minimum Gasteiger partial charge on any atom is -0.496 e. The number of methoxy groups -OCH3 is 1. The van der Waals surface area contributed by atoms with Gasteiger partial charge in [-0.3, -0.25) is 4.57 Å². The van der Waals surface area contributed by atoms with Gasteiger partial charge in [0.05, 0.1) is 12.8 Å². The maximum absolute atomic E-state index is 5.26. The van der Waals surface area contributed by atoms with Crippen LogP contribution in [0.25, 0.3) is 17.1 Å². The normalized spacial score (nSPS) is 10.5. The molecule has 0 saturated heterocycles. The summed E-state index contributed by atoms with van der Waals surface area (Å²) in [5.41, 5.74) is 2.93. The Morgan fingerprint density at radius 3 is 2.60 bits per heavy atom. The van der Waals surface area contributed by atoms with Crippen LogP contribution >= 0.6 is 0 Å². The lowest BCUT2D eigenvalue weighted by Crippen LogP contribution is -1.97. The molecule has 3 aromatic rings. The second kappa shape index (κ2) is 5.13. The summed E-state index contributed by atoms with van der Waals surface area (Å²) in [7, 11) is 1.67. The molecule has 0 aliphatic heterocycles. The van der Waals surface area contributed by atoms with Crippen molar-refractivity contribution in [2.24, 2.45) is 0 Å². The summed E-state index contributed by atoms with van der Waals surface area (Å²) in [4.78, 5) is 3.99. The molecule has 0 unspecified atom stereocenters. The molecule has 2 heterocycles. The van der Waals surface area contributed by atoms with Crippen LogP contribution in [-0.4, -0.2) is 26.9 Å². The van der Waals surface area contributed by atoms with Crippen molar-refractivity contribution in [3.8, 4) is 22.8 Å². The summed E-state index contributed by atoms with van der Waals surface area (Å²) in [6.07, 6.45) is 5.24. The smallest absolute Gasteiger partial charge is 0.160 e. The molecule has 0 N–H and O–H groups in total. The van der Waals surface area contributed by atoms with E-state index >= 15 is 0 Å². The average molecular weight is 266 g/mol. The second-order valence-corrected chi connectivity index (χ2v) is 4.43. The molecule has 20 heavy (non-hydrogen) atoms. The van der Waals surface area contributed by atoms with E-state index in [0.29, 0.717) is 0 Å². The van der Waals surface area contributed by atoms with E-state index in [1.807, 2.05) is 48.0 Å². The van der Waals surface area contributed by atoms with E-state index in [1.165, 1.54) is 0 Å². The Bertz CT molecular complexity index is 705. The summed E-state index contributed by atoms with van der Waals surface area (Å²) < 4.78 is 7.07. The van der Waals surface area contributed by atoms with Crippen molar-refractivity contribution in [2.75, 3.05) is 7.11 Å². The molecule has 5 heteroatoms. The maximum Gasteiger partial charge on any atom is 0.160 e. The van der Waals surface area contributed by atoms with Crippen molar-refractivity contribution in [1.82, 2.24) is 19.7 Å². The number of imidazole rings is 1. The first-order chi connectivity index (χ1) is 9.78. The number of hydrogen-bond donors (Lipinski definition) is 0. The highest BCUT2D eigenvalue weighted by atomic mass is 16.5. The Morgan fingerprint density at radius 2 is 2.00 bits per heavy atom. The molecule has 0 bridgehead atoms. The molecule has 0 aliphatic carbocycles. The van der Waals surface area contributed by atoms with Crippen LogP contribution in [0.5, 0.6) is 5.75 Å². The molecule has 0 amide bonds. The van der Waals surface area contributed by atoms with E-state index in [2.05, 4.69) is 15.2 Å². The minimum atomic E-state index is 0.747. The molecular formula is C15H14N4O. The second-order valence-electron chi connectivity index (χ2n) is 4.43. The van der Waals surface area contributed by atoms with Gasteiger partial charge in [-0.05, 0) is 42.8 Å². The molecule has 0 atom stereocenters. The highest BCUT2D eigenvalue weighted by Crippen LogP contribution is 2.24. The molecule has 2 aromatic heterocycles. The molecule has 0 radical (unpaired) electrons. The fraction of sp³-hybridized carbons (Fsp3) is 0.133. The van der Waals surface area contributed by atoms with Gasteiger partial charge in [0.2, 0.25) is 0 Å². The number of ether oxygens (including phenoxy) is 1. The molecular weight excluding hydrogens is 252 g/mol. The Kier molecular flexibility index (Phi) is 3.16. The third-order valence-electron chi connectivity index (χ3n) is 3.11. The third kappa shape index (κ3) is 2.25. The quantitative estimate of drug-likeness (QED) is 0.731. The van der Waals surface area contributed by atoms with Gasteiger partial charge in [0, 0.05) is 18.0 Å². The first kappa shape index (κ1) is 12.3. The average Bonchev–Trinajstić information content (AvgIpc) is 3.01. The standard InChI is InChI=1S/C15H14N4O/c1-11-9-12(3-5-14(11)20-2)13-4-6-15(18-17-13)19-8-7-16-10-19/h3-10H,1-2H3. The van der Waals surface area contributed by atoms with Crippen molar-refractivity contribution in [1.29, 1.82) is 0 Å². The molecule has 1 aromatic carbocycles. The van der Waals surface area contributed by atoms with Crippen LogP contribution in [0.1, 0.15) is 5.56 Å². The zero-order valence-electron chi connectivity index (χ0n) is 11.3. The van der Waals surface area contributed by atoms with Gasteiger partial charge in [0.25, 0.3) is 0 Å². The van der Waals surface area contributed by atoms with Crippen molar-refractivity contribution in [3.63, 3.8) is 0 Å². The lowest BCUT2D eigenvalue weighted by atomic mass is 10.1. The van der Waals surface area contributed by atoms with Crippen LogP contribution in [0.2, 0.25) is 0 Å². The summed E-state index contributed by atoms with van der Waals surface area (Å²) in [6.45, 7) is 2.01. The van der Waals surface area contributed by atoms with Crippen LogP contribution in [0.4, 0.5) is 0 Å². The Hall–Kier alpha value is -2.69. The van der Waals surface area contributed by atoms with Crippen LogP contribution in [-0.2, 0) is 0 Å².